The minimum atomic E-state index is -3.23. The minimum absolute atomic E-state index is 0.491. The van der Waals surface area contributed by atoms with E-state index in [4.69, 9.17) is 4.42 Å². The summed E-state index contributed by atoms with van der Waals surface area (Å²) in [5.74, 6) is 0. The van der Waals surface area contributed by atoms with Crippen LogP contribution in [0.4, 0.5) is 5.69 Å². The number of nitrogens with zero attached hydrogens (tertiary/aromatic N) is 1. The number of aromatic nitrogens is 1. The Morgan fingerprint density at radius 3 is 2.61 bits per heavy atom. The van der Waals surface area contributed by atoms with Crippen molar-refractivity contribution in [3.05, 3.63) is 24.6 Å². The first kappa shape index (κ1) is 17.7. The van der Waals surface area contributed by atoms with Crippen molar-refractivity contribution < 1.29 is 12.8 Å². The molecule has 0 unspecified atom stereocenters. The van der Waals surface area contributed by atoms with Crippen LogP contribution in [0.3, 0.4) is 0 Å². The fourth-order valence-electron chi connectivity index (χ4n) is 2.05. The van der Waals surface area contributed by atoms with Gasteiger partial charge in [-0.2, -0.15) is 0 Å². The zero-order valence-corrected chi connectivity index (χ0v) is 14.7. The molecule has 1 aromatic carbocycles. The Hall–Kier alpha value is -1.60. The van der Waals surface area contributed by atoms with Gasteiger partial charge in [-0.25, -0.2) is 18.1 Å². The van der Waals surface area contributed by atoms with Crippen LogP contribution in [0.2, 0.25) is 0 Å². The van der Waals surface area contributed by atoms with E-state index in [0.717, 1.165) is 42.6 Å². The van der Waals surface area contributed by atoms with Crippen molar-refractivity contribution in [1.29, 1.82) is 0 Å². The first-order chi connectivity index (χ1) is 10.8. The SMILES string of the molecule is CC(C)(C)S(=O)(=O)NCCCCCNc1ccc2ocnc2c1. The summed E-state index contributed by atoms with van der Waals surface area (Å²) < 4.78 is 30.8. The van der Waals surface area contributed by atoms with Crippen LogP contribution < -0.4 is 10.0 Å². The zero-order chi connectivity index (χ0) is 16.9. The van der Waals surface area contributed by atoms with E-state index in [-0.39, 0.29) is 0 Å². The second-order valence-electron chi connectivity index (χ2n) is 6.53. The van der Waals surface area contributed by atoms with Crippen LogP contribution in [0.25, 0.3) is 11.1 Å². The van der Waals surface area contributed by atoms with Gasteiger partial charge in [0.05, 0.1) is 4.75 Å². The van der Waals surface area contributed by atoms with Crippen LogP contribution in [-0.2, 0) is 10.0 Å². The lowest BCUT2D eigenvalue weighted by Gasteiger charge is -2.19. The van der Waals surface area contributed by atoms with Gasteiger partial charge in [0.15, 0.2) is 12.0 Å². The summed E-state index contributed by atoms with van der Waals surface area (Å²) in [6.45, 7) is 6.43. The van der Waals surface area contributed by atoms with Crippen molar-refractivity contribution in [3.8, 4) is 0 Å². The number of unbranched alkanes of at least 4 members (excludes halogenated alkanes) is 2. The van der Waals surface area contributed by atoms with Crippen LogP contribution in [0.15, 0.2) is 29.0 Å². The average molecular weight is 339 g/mol. The van der Waals surface area contributed by atoms with Gasteiger partial charge in [-0.1, -0.05) is 6.42 Å². The number of anilines is 1. The van der Waals surface area contributed by atoms with Crippen molar-refractivity contribution in [2.24, 2.45) is 0 Å². The van der Waals surface area contributed by atoms with Gasteiger partial charge in [0, 0.05) is 18.8 Å². The quantitative estimate of drug-likeness (QED) is 0.722. The van der Waals surface area contributed by atoms with Gasteiger partial charge in [-0.05, 0) is 51.8 Å². The Labute approximate surface area is 137 Å². The molecule has 1 heterocycles. The van der Waals surface area contributed by atoms with Gasteiger partial charge >= 0.3 is 0 Å². The molecule has 0 aliphatic carbocycles. The molecule has 0 radical (unpaired) electrons. The van der Waals surface area contributed by atoms with Gasteiger partial charge in [-0.3, -0.25) is 0 Å². The Balaban J connectivity index is 1.63. The standard InChI is InChI=1S/C16H25N3O3S/c1-16(2,3)23(20,21)19-10-6-4-5-9-17-13-7-8-15-14(11-13)18-12-22-15/h7-8,11-12,17,19H,4-6,9-10H2,1-3H3. The maximum absolute atomic E-state index is 11.9. The van der Waals surface area contributed by atoms with E-state index in [2.05, 4.69) is 15.0 Å². The molecule has 0 amide bonds. The smallest absolute Gasteiger partial charge is 0.216 e. The van der Waals surface area contributed by atoms with Crippen LogP contribution in [0.1, 0.15) is 40.0 Å². The normalized spacial score (nSPS) is 12.7. The molecule has 0 atom stereocenters. The fraction of sp³-hybridized carbons (Fsp3) is 0.562. The van der Waals surface area contributed by atoms with E-state index in [1.165, 1.54) is 6.39 Å². The summed E-state index contributed by atoms with van der Waals surface area (Å²) in [4.78, 5) is 4.12. The van der Waals surface area contributed by atoms with Crippen LogP contribution in [0.5, 0.6) is 0 Å². The summed E-state index contributed by atoms with van der Waals surface area (Å²) in [5, 5.41) is 3.34. The Kier molecular flexibility index (Phi) is 5.64. The van der Waals surface area contributed by atoms with Crippen molar-refractivity contribution >= 4 is 26.8 Å². The molecule has 0 aliphatic heterocycles. The highest BCUT2D eigenvalue weighted by molar-refractivity contribution is 7.90. The molecule has 2 N–H and O–H groups in total. The number of sulfonamides is 1. The van der Waals surface area contributed by atoms with Gasteiger partial charge < -0.3 is 9.73 Å². The number of hydrogen-bond donors (Lipinski definition) is 2. The molecule has 128 valence electrons. The van der Waals surface area contributed by atoms with Crippen molar-refractivity contribution in [2.75, 3.05) is 18.4 Å². The molecule has 7 heteroatoms. The van der Waals surface area contributed by atoms with Crippen molar-refractivity contribution in [1.82, 2.24) is 9.71 Å². The summed E-state index contributed by atoms with van der Waals surface area (Å²) >= 11 is 0. The van der Waals surface area contributed by atoms with Gasteiger partial charge in [-0.15, -0.1) is 0 Å². The number of fused-ring (bicyclic) bond motifs is 1. The van der Waals surface area contributed by atoms with E-state index >= 15 is 0 Å². The van der Waals surface area contributed by atoms with Crippen LogP contribution in [0, 0.1) is 0 Å². The largest absolute Gasteiger partial charge is 0.443 e. The summed E-state index contributed by atoms with van der Waals surface area (Å²) in [6.07, 6.45) is 4.21. The predicted octanol–water partition coefficient (Wildman–Crippen LogP) is 3.13. The van der Waals surface area contributed by atoms with Crippen LogP contribution >= 0.6 is 0 Å². The third kappa shape index (κ3) is 4.94. The van der Waals surface area contributed by atoms with Crippen LogP contribution in [-0.4, -0.2) is 31.2 Å². The molecule has 0 saturated carbocycles. The number of benzene rings is 1. The van der Waals surface area contributed by atoms with Gasteiger partial charge in [0.25, 0.3) is 0 Å². The van der Waals surface area contributed by atoms with Crippen molar-refractivity contribution in [3.63, 3.8) is 0 Å². The molecule has 2 aromatic rings. The topological polar surface area (TPSA) is 84.2 Å². The molecule has 6 nitrogen and oxygen atoms in total. The van der Waals surface area contributed by atoms with E-state index in [1.54, 1.807) is 20.8 Å². The average Bonchev–Trinajstić information content (AvgIpc) is 2.92. The summed E-state index contributed by atoms with van der Waals surface area (Å²) in [5.41, 5.74) is 2.63. The Bertz CT molecular complexity index is 732. The maximum atomic E-state index is 11.9. The number of oxazole rings is 1. The number of nitrogens with one attached hydrogen (secondary N) is 2. The minimum Gasteiger partial charge on any atom is -0.443 e. The zero-order valence-electron chi connectivity index (χ0n) is 13.9. The third-order valence-corrected chi connectivity index (χ3v) is 5.81. The summed E-state index contributed by atoms with van der Waals surface area (Å²) in [7, 11) is -3.23. The lowest BCUT2D eigenvalue weighted by atomic mass is 10.2. The summed E-state index contributed by atoms with van der Waals surface area (Å²) in [6, 6.07) is 5.81. The van der Waals surface area contributed by atoms with Gasteiger partial charge in [0.1, 0.15) is 5.52 Å². The Morgan fingerprint density at radius 2 is 1.87 bits per heavy atom. The lowest BCUT2D eigenvalue weighted by molar-refractivity contribution is 0.540. The second kappa shape index (κ2) is 7.31. The number of rotatable bonds is 8. The molecule has 0 fully saturated rings. The second-order valence-corrected chi connectivity index (χ2v) is 9.05. The molecule has 0 spiro atoms. The molecule has 0 bridgehead atoms. The maximum Gasteiger partial charge on any atom is 0.216 e. The van der Waals surface area contributed by atoms with Crippen molar-refractivity contribution in [2.45, 2.75) is 44.8 Å². The number of hydrogen-bond acceptors (Lipinski definition) is 5. The predicted molar refractivity (Wildman–Crippen MR) is 93.0 cm³/mol. The van der Waals surface area contributed by atoms with Gasteiger partial charge in [0.2, 0.25) is 10.0 Å². The highest BCUT2D eigenvalue weighted by Gasteiger charge is 2.27. The molecule has 0 aliphatic rings. The highest BCUT2D eigenvalue weighted by atomic mass is 32.2. The van der Waals surface area contributed by atoms with E-state index < -0.39 is 14.8 Å². The fourth-order valence-corrected chi connectivity index (χ4v) is 2.90. The molecule has 1 aromatic heterocycles. The first-order valence-corrected chi connectivity index (χ1v) is 9.34. The third-order valence-electron chi connectivity index (χ3n) is 3.61. The molecular formula is C16H25N3O3S. The highest BCUT2D eigenvalue weighted by Crippen LogP contribution is 2.17. The molecule has 2 rings (SSSR count). The molecule has 0 saturated heterocycles. The lowest BCUT2D eigenvalue weighted by Crippen LogP contribution is -2.39. The monoisotopic (exact) mass is 339 g/mol. The van der Waals surface area contributed by atoms with E-state index in [9.17, 15) is 8.42 Å². The molecule has 23 heavy (non-hydrogen) atoms. The van der Waals surface area contributed by atoms with E-state index in [1.807, 2.05) is 18.2 Å². The first-order valence-electron chi connectivity index (χ1n) is 7.86. The Morgan fingerprint density at radius 1 is 1.13 bits per heavy atom. The van der Waals surface area contributed by atoms with E-state index in [0.29, 0.717) is 6.54 Å². The molecular weight excluding hydrogens is 314 g/mol.